The lowest BCUT2D eigenvalue weighted by atomic mass is 10.1. The van der Waals surface area contributed by atoms with Gasteiger partial charge in [0.15, 0.2) is 0 Å². The topological polar surface area (TPSA) is 72.2 Å². The van der Waals surface area contributed by atoms with Crippen LogP contribution >= 0.6 is 0 Å². The minimum Gasteiger partial charge on any atom is -0.334 e. The van der Waals surface area contributed by atoms with Gasteiger partial charge in [-0.1, -0.05) is 29.8 Å². The highest BCUT2D eigenvalue weighted by Crippen LogP contribution is 2.30. The van der Waals surface area contributed by atoms with Gasteiger partial charge in [-0.2, -0.15) is 5.10 Å². The van der Waals surface area contributed by atoms with E-state index >= 15 is 0 Å². The number of carbonyl (C=O) groups excluding carboxylic acids is 1. The van der Waals surface area contributed by atoms with E-state index in [1.54, 1.807) is 14.1 Å². The van der Waals surface area contributed by atoms with Gasteiger partial charge in [0, 0.05) is 39.1 Å². The van der Waals surface area contributed by atoms with Gasteiger partial charge in [-0.3, -0.25) is 4.57 Å². The van der Waals surface area contributed by atoms with Crippen LogP contribution in [0.15, 0.2) is 29.1 Å². The first-order valence-electron chi connectivity index (χ1n) is 10.2. The second-order valence-electron chi connectivity index (χ2n) is 8.21. The molecule has 4 rings (SSSR count). The van der Waals surface area contributed by atoms with Gasteiger partial charge >= 0.3 is 11.7 Å². The Balaban J connectivity index is 1.33. The molecule has 7 nitrogen and oxygen atoms in total. The third kappa shape index (κ3) is 4.13. The van der Waals surface area contributed by atoms with E-state index < -0.39 is 0 Å². The number of amides is 2. The first-order valence-corrected chi connectivity index (χ1v) is 10.2. The highest BCUT2D eigenvalue weighted by atomic mass is 16.2. The van der Waals surface area contributed by atoms with Crippen molar-refractivity contribution in [2.45, 2.75) is 64.7 Å². The summed E-state index contributed by atoms with van der Waals surface area (Å²) < 4.78 is 3.45. The van der Waals surface area contributed by atoms with Crippen molar-refractivity contribution in [1.29, 1.82) is 0 Å². The summed E-state index contributed by atoms with van der Waals surface area (Å²) in [5.74, 6) is 1.49. The van der Waals surface area contributed by atoms with Crippen molar-refractivity contribution in [2.24, 2.45) is 5.92 Å². The van der Waals surface area contributed by atoms with Gasteiger partial charge < -0.3 is 10.2 Å². The fraction of sp³-hybridized carbons (Fsp3) is 0.571. The number of hydrogen-bond donors (Lipinski definition) is 1. The molecule has 2 heterocycles. The summed E-state index contributed by atoms with van der Waals surface area (Å²) >= 11 is 0. The van der Waals surface area contributed by atoms with Crippen LogP contribution < -0.4 is 11.0 Å². The normalized spacial score (nSPS) is 19.0. The van der Waals surface area contributed by atoms with Crippen LogP contribution in [0, 0.1) is 12.8 Å². The Bertz CT molecular complexity index is 895. The van der Waals surface area contributed by atoms with Gasteiger partial charge in [0.2, 0.25) is 0 Å². The second kappa shape index (κ2) is 7.81. The molecular formula is C21H29N5O2. The van der Waals surface area contributed by atoms with Crippen molar-refractivity contribution in [2.75, 3.05) is 7.05 Å². The van der Waals surface area contributed by atoms with E-state index in [-0.39, 0.29) is 17.8 Å². The number of rotatable bonds is 5. The Kier molecular flexibility index (Phi) is 5.24. The number of benzene rings is 1. The molecule has 7 heteroatoms. The molecule has 28 heavy (non-hydrogen) atoms. The fourth-order valence-corrected chi connectivity index (χ4v) is 3.84. The van der Waals surface area contributed by atoms with E-state index in [4.69, 9.17) is 0 Å². The molecule has 1 aliphatic carbocycles. The Morgan fingerprint density at radius 1 is 1.21 bits per heavy atom. The second-order valence-corrected chi connectivity index (χ2v) is 8.21. The Morgan fingerprint density at radius 3 is 2.68 bits per heavy atom. The quantitative estimate of drug-likeness (QED) is 0.861. The number of urea groups is 1. The molecule has 1 atom stereocenters. The molecule has 1 fully saturated rings. The van der Waals surface area contributed by atoms with E-state index in [2.05, 4.69) is 10.4 Å². The van der Waals surface area contributed by atoms with E-state index in [0.717, 1.165) is 37.2 Å². The molecule has 1 aliphatic heterocycles. The number of fused-ring (bicyclic) bond motifs is 1. The van der Waals surface area contributed by atoms with Gasteiger partial charge in [-0.05, 0) is 44.1 Å². The van der Waals surface area contributed by atoms with Crippen molar-refractivity contribution < 1.29 is 4.79 Å². The predicted octanol–water partition coefficient (Wildman–Crippen LogP) is 2.31. The fourth-order valence-electron chi connectivity index (χ4n) is 3.84. The minimum absolute atomic E-state index is 0.00836. The van der Waals surface area contributed by atoms with Crippen LogP contribution in [0.1, 0.15) is 42.6 Å². The zero-order valence-electron chi connectivity index (χ0n) is 16.7. The minimum atomic E-state index is -0.0729. The van der Waals surface area contributed by atoms with Gasteiger partial charge in [0.05, 0.1) is 0 Å². The predicted molar refractivity (Wildman–Crippen MR) is 107 cm³/mol. The van der Waals surface area contributed by atoms with Crippen LogP contribution in [0.4, 0.5) is 4.79 Å². The molecule has 2 aromatic rings. The molecule has 0 unspecified atom stereocenters. The summed E-state index contributed by atoms with van der Waals surface area (Å²) in [5.41, 5.74) is 2.30. The lowest BCUT2D eigenvalue weighted by Gasteiger charge is -2.27. The van der Waals surface area contributed by atoms with Crippen molar-refractivity contribution in [3.05, 3.63) is 51.7 Å². The summed E-state index contributed by atoms with van der Waals surface area (Å²) in [6.45, 7) is 3.94. The number of nitrogens with zero attached hydrogens (tertiary/aromatic N) is 4. The summed E-state index contributed by atoms with van der Waals surface area (Å²) in [4.78, 5) is 27.0. The number of nitrogens with one attached hydrogen (secondary N) is 1. The third-order valence-corrected chi connectivity index (χ3v) is 5.95. The van der Waals surface area contributed by atoms with E-state index in [9.17, 15) is 9.59 Å². The molecule has 1 saturated carbocycles. The average molecular weight is 383 g/mol. The Morgan fingerprint density at radius 2 is 1.96 bits per heavy atom. The Labute approximate surface area is 165 Å². The largest absolute Gasteiger partial charge is 0.345 e. The molecule has 1 aromatic carbocycles. The average Bonchev–Trinajstić information content (AvgIpc) is 3.49. The van der Waals surface area contributed by atoms with Crippen molar-refractivity contribution in [3.8, 4) is 0 Å². The molecule has 0 saturated heterocycles. The van der Waals surface area contributed by atoms with E-state index in [1.807, 2.05) is 38.2 Å². The lowest BCUT2D eigenvalue weighted by molar-refractivity contribution is 0.182. The van der Waals surface area contributed by atoms with Crippen molar-refractivity contribution in [1.82, 2.24) is 24.6 Å². The summed E-state index contributed by atoms with van der Waals surface area (Å²) in [6, 6.07) is 8.20. The smallest absolute Gasteiger partial charge is 0.334 e. The molecule has 0 radical (unpaired) electrons. The van der Waals surface area contributed by atoms with Crippen LogP contribution in [-0.2, 0) is 26.1 Å². The number of carbonyl (C=O) groups is 1. The lowest BCUT2D eigenvalue weighted by Crippen LogP contribution is -2.43. The SMILES string of the molecule is Cc1ccc(CNC(=O)N(C)[C@H]2CCc3nn(CC4CC4)c(=O)n3CC2)cc1. The number of hydrogen-bond acceptors (Lipinski definition) is 3. The van der Waals surface area contributed by atoms with Crippen molar-refractivity contribution >= 4 is 6.03 Å². The first kappa shape index (κ1) is 18.8. The van der Waals surface area contributed by atoms with Gasteiger partial charge in [-0.25, -0.2) is 14.3 Å². The van der Waals surface area contributed by atoms with Gasteiger partial charge in [0.1, 0.15) is 5.82 Å². The van der Waals surface area contributed by atoms with E-state index in [1.165, 1.54) is 18.4 Å². The summed E-state index contributed by atoms with van der Waals surface area (Å²) in [7, 11) is 1.84. The molecule has 1 N–H and O–H groups in total. The first-order chi connectivity index (χ1) is 13.5. The van der Waals surface area contributed by atoms with Gasteiger partial charge in [0.25, 0.3) is 0 Å². The number of aromatic nitrogens is 3. The molecule has 2 amide bonds. The van der Waals surface area contributed by atoms with Crippen molar-refractivity contribution in [3.63, 3.8) is 0 Å². The van der Waals surface area contributed by atoms with Crippen LogP contribution in [0.5, 0.6) is 0 Å². The summed E-state index contributed by atoms with van der Waals surface area (Å²) in [5, 5.41) is 7.56. The van der Waals surface area contributed by atoms with Crippen LogP contribution in [0.2, 0.25) is 0 Å². The molecule has 0 bridgehead atoms. The highest BCUT2D eigenvalue weighted by Gasteiger charge is 2.28. The number of aryl methyl sites for hydroxylation is 2. The molecule has 150 valence electrons. The van der Waals surface area contributed by atoms with E-state index in [0.29, 0.717) is 19.0 Å². The zero-order valence-corrected chi connectivity index (χ0v) is 16.7. The Hall–Kier alpha value is -2.57. The van der Waals surface area contributed by atoms with Gasteiger partial charge in [-0.15, -0.1) is 0 Å². The highest BCUT2D eigenvalue weighted by molar-refractivity contribution is 5.74. The standard InChI is InChI=1S/C21H29N5O2/c1-15-3-5-16(6-4-15)13-22-20(27)24(2)18-9-10-19-23-26(14-17-7-8-17)21(28)25(19)12-11-18/h3-6,17-18H,7-14H2,1-2H3,(H,22,27)/t18-/m0/s1. The maximum absolute atomic E-state index is 12.6. The van der Waals surface area contributed by atoms with Crippen LogP contribution in [0.3, 0.4) is 0 Å². The molecule has 1 aromatic heterocycles. The summed E-state index contributed by atoms with van der Waals surface area (Å²) in [6.07, 6.45) is 4.75. The monoisotopic (exact) mass is 383 g/mol. The maximum Gasteiger partial charge on any atom is 0.345 e. The maximum atomic E-state index is 12.6. The zero-order chi connectivity index (χ0) is 19.7. The molecule has 0 spiro atoms. The molecule has 2 aliphatic rings. The molecular weight excluding hydrogens is 354 g/mol. The van der Waals surface area contributed by atoms with Crippen LogP contribution in [-0.4, -0.2) is 38.4 Å². The van der Waals surface area contributed by atoms with Crippen LogP contribution in [0.25, 0.3) is 0 Å². The third-order valence-electron chi connectivity index (χ3n) is 5.95.